The van der Waals surface area contributed by atoms with Crippen LogP contribution in [-0.4, -0.2) is 12.5 Å². The molecule has 2 aromatic rings. The summed E-state index contributed by atoms with van der Waals surface area (Å²) in [6.45, 7) is 3.74. The van der Waals surface area contributed by atoms with Gasteiger partial charge in [0, 0.05) is 0 Å². The molecule has 0 radical (unpaired) electrons. The predicted octanol–water partition coefficient (Wildman–Crippen LogP) is 3.04. The van der Waals surface area contributed by atoms with Crippen LogP contribution in [0.4, 0.5) is 15.8 Å². The highest BCUT2D eigenvalue weighted by atomic mass is 19.1. The van der Waals surface area contributed by atoms with Gasteiger partial charge in [-0.05, 0) is 55.3 Å². The van der Waals surface area contributed by atoms with E-state index in [1.807, 2.05) is 32.0 Å². The number of nitrogen functional groups attached to an aromatic ring is 1. The number of benzene rings is 2. The van der Waals surface area contributed by atoms with Crippen LogP contribution in [0.1, 0.15) is 11.1 Å². The smallest absolute Gasteiger partial charge is 0.262 e. The van der Waals surface area contributed by atoms with Crippen molar-refractivity contribution in [2.75, 3.05) is 17.7 Å². The molecule has 0 atom stereocenters. The SMILES string of the molecule is Cc1cc(C)cc(OCC(=O)Nc2cc(F)ccc2N)c1. The standard InChI is InChI=1S/C16H17FN2O2/c1-10-5-11(2)7-13(6-10)21-9-16(20)19-15-8-12(17)3-4-14(15)18/h3-8H,9,18H2,1-2H3,(H,19,20). The second kappa shape index (κ2) is 6.26. The van der Waals surface area contributed by atoms with Gasteiger partial charge < -0.3 is 15.8 Å². The number of ether oxygens (including phenoxy) is 1. The number of carbonyl (C=O) groups excluding carboxylic acids is 1. The van der Waals surface area contributed by atoms with Crippen molar-refractivity contribution >= 4 is 17.3 Å². The Morgan fingerprint density at radius 3 is 2.52 bits per heavy atom. The van der Waals surface area contributed by atoms with E-state index >= 15 is 0 Å². The Bertz CT molecular complexity index is 651. The zero-order chi connectivity index (χ0) is 15.4. The molecule has 1 amide bonds. The Morgan fingerprint density at radius 2 is 1.86 bits per heavy atom. The summed E-state index contributed by atoms with van der Waals surface area (Å²) in [4.78, 5) is 11.8. The molecule has 4 nitrogen and oxygen atoms in total. The fourth-order valence-corrected chi connectivity index (χ4v) is 1.99. The number of hydrogen-bond donors (Lipinski definition) is 2. The Labute approximate surface area is 122 Å². The van der Waals surface area contributed by atoms with Crippen molar-refractivity contribution in [1.82, 2.24) is 0 Å². The first kappa shape index (κ1) is 14.8. The van der Waals surface area contributed by atoms with Gasteiger partial charge in [0.2, 0.25) is 0 Å². The van der Waals surface area contributed by atoms with Crippen LogP contribution in [-0.2, 0) is 4.79 Å². The molecule has 3 N–H and O–H groups in total. The lowest BCUT2D eigenvalue weighted by atomic mass is 10.1. The van der Waals surface area contributed by atoms with Gasteiger partial charge >= 0.3 is 0 Å². The number of rotatable bonds is 4. The molecule has 21 heavy (non-hydrogen) atoms. The maximum Gasteiger partial charge on any atom is 0.262 e. The van der Waals surface area contributed by atoms with Crippen LogP contribution in [0, 0.1) is 19.7 Å². The summed E-state index contributed by atoms with van der Waals surface area (Å²) in [5, 5.41) is 2.52. The van der Waals surface area contributed by atoms with E-state index in [0.717, 1.165) is 11.1 Å². The van der Waals surface area contributed by atoms with Gasteiger partial charge in [0.25, 0.3) is 5.91 Å². The Morgan fingerprint density at radius 1 is 1.19 bits per heavy atom. The molecule has 0 aromatic heterocycles. The minimum absolute atomic E-state index is 0.168. The van der Waals surface area contributed by atoms with Gasteiger partial charge in [-0.15, -0.1) is 0 Å². The molecule has 0 saturated carbocycles. The summed E-state index contributed by atoms with van der Waals surface area (Å²) in [6, 6.07) is 9.50. The van der Waals surface area contributed by atoms with Crippen LogP contribution in [0.25, 0.3) is 0 Å². The molecule has 0 spiro atoms. The number of amides is 1. The molecule has 2 aromatic carbocycles. The topological polar surface area (TPSA) is 64.3 Å². The summed E-state index contributed by atoms with van der Waals surface area (Å²) in [7, 11) is 0. The number of halogens is 1. The minimum atomic E-state index is -0.463. The zero-order valence-electron chi connectivity index (χ0n) is 11.9. The predicted molar refractivity (Wildman–Crippen MR) is 80.9 cm³/mol. The second-order valence-corrected chi connectivity index (χ2v) is 4.89. The van der Waals surface area contributed by atoms with E-state index in [-0.39, 0.29) is 12.3 Å². The summed E-state index contributed by atoms with van der Waals surface area (Å²) < 4.78 is 18.5. The first-order valence-electron chi connectivity index (χ1n) is 6.50. The van der Waals surface area contributed by atoms with Crippen molar-refractivity contribution in [2.24, 2.45) is 0 Å². The van der Waals surface area contributed by atoms with E-state index in [1.54, 1.807) is 0 Å². The molecular weight excluding hydrogens is 271 g/mol. The van der Waals surface area contributed by atoms with E-state index in [4.69, 9.17) is 10.5 Å². The second-order valence-electron chi connectivity index (χ2n) is 4.89. The largest absolute Gasteiger partial charge is 0.484 e. The average Bonchev–Trinajstić information content (AvgIpc) is 2.40. The highest BCUT2D eigenvalue weighted by molar-refractivity contribution is 5.94. The van der Waals surface area contributed by atoms with Crippen LogP contribution >= 0.6 is 0 Å². The Hall–Kier alpha value is -2.56. The van der Waals surface area contributed by atoms with E-state index < -0.39 is 11.7 Å². The summed E-state index contributed by atoms with van der Waals surface area (Å²) in [5.74, 6) is -0.240. The van der Waals surface area contributed by atoms with Crippen LogP contribution in [0.2, 0.25) is 0 Å². The van der Waals surface area contributed by atoms with Gasteiger partial charge in [-0.2, -0.15) is 0 Å². The van der Waals surface area contributed by atoms with Crippen molar-refractivity contribution in [2.45, 2.75) is 13.8 Å². The molecule has 2 rings (SSSR count). The maximum atomic E-state index is 13.1. The third-order valence-electron chi connectivity index (χ3n) is 2.85. The summed E-state index contributed by atoms with van der Waals surface area (Å²) in [6.07, 6.45) is 0. The van der Waals surface area contributed by atoms with Crippen LogP contribution in [0.15, 0.2) is 36.4 Å². The number of hydrogen-bond acceptors (Lipinski definition) is 3. The van der Waals surface area contributed by atoms with Gasteiger partial charge in [-0.25, -0.2) is 4.39 Å². The van der Waals surface area contributed by atoms with Crippen molar-refractivity contribution in [3.8, 4) is 5.75 Å². The van der Waals surface area contributed by atoms with E-state index in [2.05, 4.69) is 5.32 Å². The van der Waals surface area contributed by atoms with Gasteiger partial charge in [-0.3, -0.25) is 4.79 Å². The number of nitrogens with one attached hydrogen (secondary N) is 1. The molecule has 0 aliphatic rings. The third-order valence-corrected chi connectivity index (χ3v) is 2.85. The molecule has 5 heteroatoms. The lowest BCUT2D eigenvalue weighted by molar-refractivity contribution is -0.118. The quantitative estimate of drug-likeness (QED) is 0.850. The number of aryl methyl sites for hydroxylation is 2. The fourth-order valence-electron chi connectivity index (χ4n) is 1.99. The van der Waals surface area contributed by atoms with E-state index in [9.17, 15) is 9.18 Å². The molecular formula is C16H17FN2O2. The summed E-state index contributed by atoms with van der Waals surface area (Å²) in [5.41, 5.74) is 8.32. The van der Waals surface area contributed by atoms with Crippen LogP contribution in [0.3, 0.4) is 0 Å². The highest BCUT2D eigenvalue weighted by Crippen LogP contribution is 2.19. The molecule has 0 fully saturated rings. The molecule has 0 saturated heterocycles. The van der Waals surface area contributed by atoms with Gasteiger partial charge in [0.1, 0.15) is 11.6 Å². The fraction of sp³-hybridized carbons (Fsp3) is 0.188. The van der Waals surface area contributed by atoms with Crippen LogP contribution in [0.5, 0.6) is 5.75 Å². The van der Waals surface area contributed by atoms with Gasteiger partial charge in [0.15, 0.2) is 6.61 Å². The average molecular weight is 288 g/mol. The highest BCUT2D eigenvalue weighted by Gasteiger charge is 2.08. The Balaban J connectivity index is 1.97. The third kappa shape index (κ3) is 4.21. The monoisotopic (exact) mass is 288 g/mol. The lowest BCUT2D eigenvalue weighted by Gasteiger charge is -2.10. The molecule has 0 unspecified atom stereocenters. The minimum Gasteiger partial charge on any atom is -0.484 e. The van der Waals surface area contributed by atoms with E-state index in [1.165, 1.54) is 18.2 Å². The normalized spacial score (nSPS) is 10.2. The first-order chi connectivity index (χ1) is 9.94. The van der Waals surface area contributed by atoms with Gasteiger partial charge in [-0.1, -0.05) is 6.07 Å². The molecule has 0 heterocycles. The van der Waals surface area contributed by atoms with Crippen molar-refractivity contribution in [1.29, 1.82) is 0 Å². The number of carbonyl (C=O) groups is 1. The van der Waals surface area contributed by atoms with Gasteiger partial charge in [0.05, 0.1) is 11.4 Å². The number of anilines is 2. The summed E-state index contributed by atoms with van der Waals surface area (Å²) >= 11 is 0. The first-order valence-corrected chi connectivity index (χ1v) is 6.50. The van der Waals surface area contributed by atoms with Crippen molar-refractivity contribution < 1.29 is 13.9 Å². The lowest BCUT2D eigenvalue weighted by Crippen LogP contribution is -2.21. The van der Waals surface area contributed by atoms with E-state index in [0.29, 0.717) is 11.4 Å². The van der Waals surface area contributed by atoms with Crippen molar-refractivity contribution in [3.05, 3.63) is 53.3 Å². The van der Waals surface area contributed by atoms with Crippen molar-refractivity contribution in [3.63, 3.8) is 0 Å². The molecule has 0 aliphatic heterocycles. The van der Waals surface area contributed by atoms with Crippen LogP contribution < -0.4 is 15.8 Å². The Kier molecular flexibility index (Phi) is 4.42. The molecule has 110 valence electrons. The molecule has 0 bridgehead atoms. The number of nitrogens with two attached hydrogens (primary N) is 1. The maximum absolute atomic E-state index is 13.1. The zero-order valence-corrected chi connectivity index (χ0v) is 11.9. The molecule has 0 aliphatic carbocycles.